The van der Waals surface area contributed by atoms with Gasteiger partial charge in [-0.3, -0.25) is 4.98 Å². The van der Waals surface area contributed by atoms with Crippen LogP contribution in [0.2, 0.25) is 0 Å². The molecule has 0 saturated carbocycles. The molecule has 1 aliphatic rings. The molecule has 2 N–H and O–H groups in total. The molecular formula is C16H21N3. The summed E-state index contributed by atoms with van der Waals surface area (Å²) in [5, 5.41) is 2.29. The average molecular weight is 255 g/mol. The minimum absolute atomic E-state index is 0.592. The second-order valence-electron chi connectivity index (χ2n) is 5.49. The number of nitrogens with zero attached hydrogens (tertiary/aromatic N) is 2. The van der Waals surface area contributed by atoms with E-state index in [0.29, 0.717) is 6.04 Å². The van der Waals surface area contributed by atoms with Crippen LogP contribution in [0.1, 0.15) is 32.6 Å². The number of hydrogen-bond donors (Lipinski definition) is 1. The van der Waals surface area contributed by atoms with Crippen LogP contribution in [0.15, 0.2) is 30.6 Å². The first kappa shape index (κ1) is 12.3. The highest BCUT2D eigenvalue weighted by atomic mass is 15.2. The number of anilines is 2. The number of benzene rings is 1. The van der Waals surface area contributed by atoms with Gasteiger partial charge in [-0.1, -0.05) is 12.8 Å². The van der Waals surface area contributed by atoms with Gasteiger partial charge in [0.05, 0.1) is 0 Å². The topological polar surface area (TPSA) is 42.1 Å². The molecule has 1 atom stereocenters. The molecular weight excluding hydrogens is 234 g/mol. The summed E-state index contributed by atoms with van der Waals surface area (Å²) < 4.78 is 0. The monoisotopic (exact) mass is 255 g/mol. The lowest BCUT2D eigenvalue weighted by Crippen LogP contribution is -2.32. The molecule has 3 nitrogen and oxygen atoms in total. The molecule has 100 valence electrons. The van der Waals surface area contributed by atoms with E-state index in [0.717, 1.165) is 17.6 Å². The number of aromatic nitrogens is 1. The van der Waals surface area contributed by atoms with E-state index in [1.165, 1.54) is 36.8 Å². The van der Waals surface area contributed by atoms with E-state index in [2.05, 4.69) is 22.9 Å². The minimum Gasteiger partial charge on any atom is -0.398 e. The number of pyridine rings is 1. The third kappa shape index (κ3) is 2.25. The van der Waals surface area contributed by atoms with E-state index in [-0.39, 0.29) is 0 Å². The first-order chi connectivity index (χ1) is 9.27. The maximum atomic E-state index is 6.07. The standard InChI is InChI=1S/C16H21N3/c1-12-5-3-2-4-10-19(12)16-7-6-15(17)13-8-9-18-11-14(13)16/h6-9,11-12H,2-5,10,17H2,1H3. The molecule has 0 radical (unpaired) electrons. The molecule has 3 rings (SSSR count). The number of hydrogen-bond acceptors (Lipinski definition) is 3. The Balaban J connectivity index is 2.11. The lowest BCUT2D eigenvalue weighted by Gasteiger charge is -2.30. The van der Waals surface area contributed by atoms with Gasteiger partial charge in [0, 0.05) is 47.1 Å². The van der Waals surface area contributed by atoms with E-state index >= 15 is 0 Å². The van der Waals surface area contributed by atoms with Crippen molar-refractivity contribution >= 4 is 22.1 Å². The molecule has 0 aliphatic carbocycles. The van der Waals surface area contributed by atoms with Crippen molar-refractivity contribution in [1.82, 2.24) is 4.98 Å². The molecule has 1 aliphatic heterocycles. The van der Waals surface area contributed by atoms with Gasteiger partial charge in [-0.2, -0.15) is 0 Å². The Morgan fingerprint density at radius 3 is 2.95 bits per heavy atom. The zero-order chi connectivity index (χ0) is 13.2. The summed E-state index contributed by atoms with van der Waals surface area (Å²) in [6, 6.07) is 6.78. The van der Waals surface area contributed by atoms with E-state index in [9.17, 15) is 0 Å². The molecule has 0 amide bonds. The Morgan fingerprint density at radius 1 is 1.16 bits per heavy atom. The number of rotatable bonds is 1. The SMILES string of the molecule is CC1CCCCCN1c1ccc(N)c2ccncc12. The van der Waals surface area contributed by atoms with Crippen molar-refractivity contribution in [2.24, 2.45) is 0 Å². The summed E-state index contributed by atoms with van der Waals surface area (Å²) in [6.07, 6.45) is 8.98. The molecule has 0 spiro atoms. The van der Waals surface area contributed by atoms with E-state index in [4.69, 9.17) is 5.73 Å². The number of fused-ring (bicyclic) bond motifs is 1. The van der Waals surface area contributed by atoms with Crippen molar-refractivity contribution < 1.29 is 0 Å². The quantitative estimate of drug-likeness (QED) is 0.792. The minimum atomic E-state index is 0.592. The van der Waals surface area contributed by atoms with Gasteiger partial charge >= 0.3 is 0 Å². The first-order valence-corrected chi connectivity index (χ1v) is 7.16. The van der Waals surface area contributed by atoms with Crippen LogP contribution in [0.3, 0.4) is 0 Å². The lowest BCUT2D eigenvalue weighted by molar-refractivity contribution is 0.617. The Bertz CT molecular complexity index is 579. The van der Waals surface area contributed by atoms with Crippen molar-refractivity contribution in [3.8, 4) is 0 Å². The van der Waals surface area contributed by atoms with Crippen LogP contribution < -0.4 is 10.6 Å². The van der Waals surface area contributed by atoms with Crippen molar-refractivity contribution in [2.75, 3.05) is 17.2 Å². The highest BCUT2D eigenvalue weighted by molar-refractivity contribution is 6.00. The Morgan fingerprint density at radius 2 is 2.05 bits per heavy atom. The number of nitrogen functional groups attached to an aromatic ring is 1. The summed E-state index contributed by atoms with van der Waals surface area (Å²) in [4.78, 5) is 6.80. The predicted molar refractivity (Wildman–Crippen MR) is 81.4 cm³/mol. The van der Waals surface area contributed by atoms with Crippen LogP contribution in [-0.2, 0) is 0 Å². The largest absolute Gasteiger partial charge is 0.398 e. The van der Waals surface area contributed by atoms with Crippen molar-refractivity contribution in [1.29, 1.82) is 0 Å². The van der Waals surface area contributed by atoms with Crippen molar-refractivity contribution in [3.05, 3.63) is 30.6 Å². The zero-order valence-corrected chi connectivity index (χ0v) is 11.5. The van der Waals surface area contributed by atoms with Crippen molar-refractivity contribution in [2.45, 2.75) is 38.6 Å². The van der Waals surface area contributed by atoms with Gasteiger partial charge in [-0.25, -0.2) is 0 Å². The smallest absolute Gasteiger partial charge is 0.0465 e. The van der Waals surface area contributed by atoms with Crippen LogP contribution in [0.25, 0.3) is 10.8 Å². The van der Waals surface area contributed by atoms with Gasteiger partial charge < -0.3 is 10.6 Å². The van der Waals surface area contributed by atoms with Crippen LogP contribution in [0.4, 0.5) is 11.4 Å². The van der Waals surface area contributed by atoms with Crippen LogP contribution in [-0.4, -0.2) is 17.6 Å². The fourth-order valence-corrected chi connectivity index (χ4v) is 3.08. The highest BCUT2D eigenvalue weighted by Crippen LogP contribution is 2.33. The number of nitrogens with two attached hydrogens (primary N) is 1. The normalized spacial score (nSPS) is 20.5. The molecule has 2 aromatic rings. The highest BCUT2D eigenvalue weighted by Gasteiger charge is 2.19. The summed E-state index contributed by atoms with van der Waals surface area (Å²) in [5.74, 6) is 0. The molecule has 0 bridgehead atoms. The Hall–Kier alpha value is -1.77. The van der Waals surface area contributed by atoms with Gasteiger partial charge in [0.25, 0.3) is 0 Å². The maximum absolute atomic E-state index is 6.07. The summed E-state index contributed by atoms with van der Waals surface area (Å²) in [6.45, 7) is 3.46. The van der Waals surface area contributed by atoms with Gasteiger partial charge in [-0.15, -0.1) is 0 Å². The fraction of sp³-hybridized carbons (Fsp3) is 0.438. The van der Waals surface area contributed by atoms with Crippen LogP contribution in [0, 0.1) is 0 Å². The molecule has 19 heavy (non-hydrogen) atoms. The first-order valence-electron chi connectivity index (χ1n) is 7.16. The molecule has 3 heteroatoms. The van der Waals surface area contributed by atoms with Crippen molar-refractivity contribution in [3.63, 3.8) is 0 Å². The van der Waals surface area contributed by atoms with Crippen LogP contribution in [0.5, 0.6) is 0 Å². The van der Waals surface area contributed by atoms with E-state index < -0.39 is 0 Å². The lowest BCUT2D eigenvalue weighted by atomic mass is 10.1. The average Bonchev–Trinajstić information content (AvgIpc) is 2.65. The molecule has 1 aromatic carbocycles. The van der Waals surface area contributed by atoms with Gasteiger partial charge in [0.15, 0.2) is 0 Å². The molecule has 1 unspecified atom stereocenters. The van der Waals surface area contributed by atoms with Gasteiger partial charge in [0.1, 0.15) is 0 Å². The third-order valence-corrected chi connectivity index (χ3v) is 4.19. The summed E-state index contributed by atoms with van der Waals surface area (Å²) in [7, 11) is 0. The Kier molecular flexibility index (Phi) is 3.28. The molecule has 2 heterocycles. The Labute approximate surface area is 114 Å². The fourth-order valence-electron chi connectivity index (χ4n) is 3.08. The summed E-state index contributed by atoms with van der Waals surface area (Å²) >= 11 is 0. The second kappa shape index (κ2) is 5.08. The van der Waals surface area contributed by atoms with Crippen LogP contribution >= 0.6 is 0 Å². The predicted octanol–water partition coefficient (Wildman–Crippen LogP) is 3.59. The molecule has 1 aromatic heterocycles. The zero-order valence-electron chi connectivity index (χ0n) is 11.5. The molecule has 1 fully saturated rings. The molecule has 1 saturated heterocycles. The van der Waals surface area contributed by atoms with Gasteiger partial charge in [0.2, 0.25) is 0 Å². The van der Waals surface area contributed by atoms with E-state index in [1.807, 2.05) is 24.5 Å². The van der Waals surface area contributed by atoms with Gasteiger partial charge in [-0.05, 0) is 38.0 Å². The second-order valence-corrected chi connectivity index (χ2v) is 5.49. The summed E-state index contributed by atoms with van der Waals surface area (Å²) in [5.41, 5.74) is 8.19. The third-order valence-electron chi connectivity index (χ3n) is 4.19. The maximum Gasteiger partial charge on any atom is 0.0465 e. The van der Waals surface area contributed by atoms with E-state index in [1.54, 1.807) is 0 Å².